The molecule has 3 rings (SSSR count). The highest BCUT2D eigenvalue weighted by atomic mass is 19.1. The van der Waals surface area contributed by atoms with Crippen molar-refractivity contribution in [2.45, 2.75) is 38.7 Å². The number of piperidine rings is 1. The van der Waals surface area contributed by atoms with Gasteiger partial charge in [0, 0.05) is 31.5 Å². The first-order valence-electron chi connectivity index (χ1n) is 9.31. The molecule has 0 unspecified atom stereocenters. The van der Waals surface area contributed by atoms with E-state index in [0.717, 1.165) is 6.07 Å². The first kappa shape index (κ1) is 20.0. The zero-order valence-electron chi connectivity index (χ0n) is 16.3. The van der Waals surface area contributed by atoms with Crippen molar-refractivity contribution in [1.82, 2.24) is 4.90 Å². The summed E-state index contributed by atoms with van der Waals surface area (Å²) in [7, 11) is 1.42. The maximum absolute atomic E-state index is 13.6. The fraction of sp³-hybridized carbons (Fsp3) is 0.476. The molecule has 1 aromatic carbocycles. The van der Waals surface area contributed by atoms with Crippen molar-refractivity contribution in [3.05, 3.63) is 41.4 Å². The molecule has 0 radical (unpaired) electrons. The smallest absolute Gasteiger partial charge is 0.289 e. The van der Waals surface area contributed by atoms with Crippen molar-refractivity contribution in [2.75, 3.05) is 20.2 Å². The second-order valence-corrected chi connectivity index (χ2v) is 7.81. The van der Waals surface area contributed by atoms with Crippen LogP contribution in [0, 0.1) is 11.7 Å². The second kappa shape index (κ2) is 7.73. The van der Waals surface area contributed by atoms with Crippen LogP contribution in [0.5, 0.6) is 5.75 Å². The Kier molecular flexibility index (Phi) is 5.54. The van der Waals surface area contributed by atoms with E-state index in [4.69, 9.17) is 9.47 Å². The van der Waals surface area contributed by atoms with Crippen LogP contribution in [-0.2, 0) is 14.3 Å². The number of ether oxygens (including phenoxy) is 2. The van der Waals surface area contributed by atoms with E-state index in [0.29, 0.717) is 25.1 Å². The molecule has 150 valence electrons. The van der Waals surface area contributed by atoms with E-state index in [1.54, 1.807) is 13.8 Å². The number of benzene rings is 1. The van der Waals surface area contributed by atoms with Crippen LogP contribution in [0.25, 0.3) is 0 Å². The minimum atomic E-state index is -0.739. The number of carbonyl (C=O) groups is 3. The lowest BCUT2D eigenvalue weighted by molar-refractivity contribution is -0.139. The molecule has 1 aromatic rings. The largest absolute Gasteiger partial charge is 0.496 e. The molecule has 2 heterocycles. The van der Waals surface area contributed by atoms with E-state index >= 15 is 0 Å². The number of hydrogen-bond acceptors (Lipinski definition) is 5. The first-order valence-corrected chi connectivity index (χ1v) is 9.31. The van der Waals surface area contributed by atoms with Crippen LogP contribution in [0.15, 0.2) is 30.0 Å². The number of methoxy groups -OCH3 is 1. The summed E-state index contributed by atoms with van der Waals surface area (Å²) < 4.78 is 24.5. The van der Waals surface area contributed by atoms with Gasteiger partial charge in [0.05, 0.1) is 12.7 Å². The van der Waals surface area contributed by atoms with Gasteiger partial charge in [0.15, 0.2) is 17.3 Å². The lowest BCUT2D eigenvalue weighted by atomic mass is 9.89. The summed E-state index contributed by atoms with van der Waals surface area (Å²) in [6.07, 6.45) is 2.66. The molecule has 0 N–H and O–H groups in total. The Morgan fingerprint density at radius 2 is 2.07 bits per heavy atom. The van der Waals surface area contributed by atoms with Gasteiger partial charge in [0.1, 0.15) is 17.2 Å². The Hall–Kier alpha value is -2.70. The third-order valence-electron chi connectivity index (χ3n) is 5.00. The highest BCUT2D eigenvalue weighted by molar-refractivity contribution is 6.03. The van der Waals surface area contributed by atoms with Gasteiger partial charge < -0.3 is 14.4 Å². The van der Waals surface area contributed by atoms with Crippen molar-refractivity contribution >= 4 is 17.5 Å². The van der Waals surface area contributed by atoms with Crippen molar-refractivity contribution in [3.63, 3.8) is 0 Å². The zero-order chi connectivity index (χ0) is 20.5. The third kappa shape index (κ3) is 4.24. The number of amides is 1. The maximum Gasteiger partial charge on any atom is 0.289 e. The summed E-state index contributed by atoms with van der Waals surface area (Å²) in [5.74, 6) is -1.49. The van der Waals surface area contributed by atoms with Crippen molar-refractivity contribution < 1.29 is 28.2 Å². The molecule has 0 spiro atoms. The van der Waals surface area contributed by atoms with Crippen LogP contribution in [0.1, 0.15) is 43.5 Å². The fourth-order valence-electron chi connectivity index (χ4n) is 3.71. The topological polar surface area (TPSA) is 72.9 Å². The molecular weight excluding hydrogens is 365 g/mol. The van der Waals surface area contributed by atoms with Gasteiger partial charge in [0.2, 0.25) is 0 Å². The van der Waals surface area contributed by atoms with Crippen molar-refractivity contribution in [3.8, 4) is 5.75 Å². The minimum absolute atomic E-state index is 0.0117. The average Bonchev–Trinajstić information content (AvgIpc) is 2.65. The number of likely N-dealkylation sites (tertiary alicyclic amines) is 1. The van der Waals surface area contributed by atoms with Crippen LogP contribution in [0.3, 0.4) is 0 Å². The summed E-state index contributed by atoms with van der Waals surface area (Å²) in [5, 5.41) is 0. The number of Topliss-reactive ketones (excluding diaryl/α,β-unsaturated/α-hetero) is 1. The van der Waals surface area contributed by atoms with Gasteiger partial charge in [0.25, 0.3) is 5.91 Å². The molecule has 2 aliphatic heterocycles. The Morgan fingerprint density at radius 3 is 2.75 bits per heavy atom. The van der Waals surface area contributed by atoms with Gasteiger partial charge in [-0.3, -0.25) is 14.4 Å². The van der Waals surface area contributed by atoms with Crippen molar-refractivity contribution in [1.29, 1.82) is 0 Å². The Labute approximate surface area is 163 Å². The van der Waals surface area contributed by atoms with E-state index in [1.807, 2.05) is 0 Å². The normalized spacial score (nSPS) is 21.6. The molecule has 2 aliphatic rings. The standard InChI is InChI=1S/C21H24FNO5/c1-21(2)11-15(24)10-18(28-21)20(26)23-8-4-5-13(12-23)19(25)16-9-14(22)6-7-17(16)27-3/h6-7,9-10,13H,4-5,8,11-12H2,1-3H3/t13-/m1/s1. The molecule has 7 heteroatoms. The number of nitrogens with zero attached hydrogens (tertiary/aromatic N) is 1. The number of halogens is 1. The second-order valence-electron chi connectivity index (χ2n) is 7.81. The molecule has 0 aromatic heterocycles. The molecule has 1 fully saturated rings. The van der Waals surface area contributed by atoms with Gasteiger partial charge in [-0.2, -0.15) is 0 Å². The summed E-state index contributed by atoms with van der Waals surface area (Å²) in [6, 6.07) is 3.82. The summed E-state index contributed by atoms with van der Waals surface area (Å²) >= 11 is 0. The maximum atomic E-state index is 13.6. The van der Waals surface area contributed by atoms with Crippen LogP contribution in [0.2, 0.25) is 0 Å². The van der Waals surface area contributed by atoms with Gasteiger partial charge in [-0.15, -0.1) is 0 Å². The van der Waals surface area contributed by atoms with E-state index in [1.165, 1.54) is 30.2 Å². The number of allylic oxidation sites excluding steroid dienone is 1. The zero-order valence-corrected chi connectivity index (χ0v) is 16.3. The van der Waals surface area contributed by atoms with Crippen LogP contribution < -0.4 is 4.74 Å². The molecule has 0 aliphatic carbocycles. The minimum Gasteiger partial charge on any atom is -0.496 e. The fourth-order valence-corrected chi connectivity index (χ4v) is 3.71. The molecular formula is C21H24FNO5. The first-order chi connectivity index (χ1) is 13.2. The predicted molar refractivity (Wildman–Crippen MR) is 99.5 cm³/mol. The lowest BCUT2D eigenvalue weighted by Crippen LogP contribution is -2.45. The van der Waals surface area contributed by atoms with E-state index < -0.39 is 23.2 Å². The highest BCUT2D eigenvalue weighted by Gasteiger charge is 2.36. The van der Waals surface area contributed by atoms with Gasteiger partial charge in [-0.1, -0.05) is 0 Å². The number of ketones is 2. The Morgan fingerprint density at radius 1 is 1.32 bits per heavy atom. The summed E-state index contributed by atoms with van der Waals surface area (Å²) in [5.41, 5.74) is -0.567. The predicted octanol–water partition coefficient (Wildman–Crippen LogP) is 2.91. The number of carbonyl (C=O) groups excluding carboxylic acids is 3. The van der Waals surface area contributed by atoms with Crippen molar-refractivity contribution in [2.24, 2.45) is 5.92 Å². The van der Waals surface area contributed by atoms with Gasteiger partial charge >= 0.3 is 0 Å². The molecule has 0 bridgehead atoms. The van der Waals surface area contributed by atoms with Crippen LogP contribution in [-0.4, -0.2) is 48.2 Å². The quantitative estimate of drug-likeness (QED) is 0.741. The molecule has 28 heavy (non-hydrogen) atoms. The third-order valence-corrected chi connectivity index (χ3v) is 5.00. The van der Waals surface area contributed by atoms with E-state index in [-0.39, 0.29) is 35.9 Å². The average molecular weight is 389 g/mol. The molecule has 1 atom stereocenters. The Balaban J connectivity index is 1.77. The molecule has 6 nitrogen and oxygen atoms in total. The highest BCUT2D eigenvalue weighted by Crippen LogP contribution is 2.30. The summed E-state index contributed by atoms with van der Waals surface area (Å²) in [4.78, 5) is 39.2. The van der Waals surface area contributed by atoms with E-state index in [9.17, 15) is 18.8 Å². The molecule has 0 saturated carbocycles. The van der Waals surface area contributed by atoms with E-state index in [2.05, 4.69) is 0 Å². The molecule has 1 amide bonds. The van der Waals surface area contributed by atoms with Crippen LogP contribution >= 0.6 is 0 Å². The molecule has 1 saturated heterocycles. The number of hydrogen-bond donors (Lipinski definition) is 0. The number of rotatable bonds is 4. The van der Waals surface area contributed by atoms with Crippen LogP contribution in [0.4, 0.5) is 4.39 Å². The summed E-state index contributed by atoms with van der Waals surface area (Å²) in [6.45, 7) is 4.17. The Bertz CT molecular complexity index is 845. The lowest BCUT2D eigenvalue weighted by Gasteiger charge is -2.35. The SMILES string of the molecule is COc1ccc(F)cc1C(=O)[C@@H]1CCCN(C(=O)C2=CC(=O)CC(C)(C)O2)C1. The van der Waals surface area contributed by atoms with Gasteiger partial charge in [-0.25, -0.2) is 4.39 Å². The van der Waals surface area contributed by atoms with Gasteiger partial charge in [-0.05, 0) is 44.9 Å². The monoisotopic (exact) mass is 389 g/mol.